The van der Waals surface area contributed by atoms with Gasteiger partial charge in [-0.3, -0.25) is 24.0 Å². The lowest BCUT2D eigenvalue weighted by atomic mass is 10.1. The van der Waals surface area contributed by atoms with Gasteiger partial charge in [-0.2, -0.15) is 0 Å². The Labute approximate surface area is 194 Å². The lowest BCUT2D eigenvalue weighted by Crippen LogP contribution is -2.45. The Morgan fingerprint density at radius 2 is 1.88 bits per heavy atom. The Morgan fingerprint density at radius 3 is 2.55 bits per heavy atom. The third-order valence-electron chi connectivity index (χ3n) is 6.04. The van der Waals surface area contributed by atoms with Crippen LogP contribution >= 0.6 is 11.3 Å². The van der Waals surface area contributed by atoms with Crippen LogP contribution in [-0.2, 0) is 6.54 Å². The zero-order chi connectivity index (χ0) is 23.5. The van der Waals surface area contributed by atoms with Gasteiger partial charge < -0.3 is 5.73 Å². The van der Waals surface area contributed by atoms with Crippen LogP contribution in [0, 0.1) is 5.82 Å². The van der Waals surface area contributed by atoms with Crippen molar-refractivity contribution in [2.45, 2.75) is 58.0 Å². The minimum absolute atomic E-state index is 0.0211. The molecule has 1 aliphatic rings. The van der Waals surface area contributed by atoms with Crippen LogP contribution < -0.4 is 21.9 Å². The highest BCUT2D eigenvalue weighted by Crippen LogP contribution is 2.34. The highest BCUT2D eigenvalue weighted by molar-refractivity contribution is 7.17. The number of carbonyl (C=O) groups is 1. The van der Waals surface area contributed by atoms with Gasteiger partial charge in [0, 0.05) is 17.5 Å². The second kappa shape index (κ2) is 9.74. The standard InChI is InChI=1S/C24H27FN4O3S/c1-2-3-14-28-21(26)20(22(30)27-24(28)32)29(17-6-4-5-7-17)23(31)19-13-12-18(33-19)15-8-10-16(25)11-9-15/h8-13,17H,2-7,14,26H2,1H3,(H,27,30,32). The van der Waals surface area contributed by atoms with Crippen LogP contribution in [-0.4, -0.2) is 21.5 Å². The molecule has 2 heterocycles. The highest BCUT2D eigenvalue weighted by atomic mass is 32.1. The molecular formula is C24H27FN4O3S. The van der Waals surface area contributed by atoms with Gasteiger partial charge in [0.25, 0.3) is 11.5 Å². The Kier molecular flexibility index (Phi) is 6.78. The number of carbonyl (C=O) groups excluding carboxylic acids is 1. The number of nitrogens with two attached hydrogens (primary N) is 1. The fourth-order valence-electron chi connectivity index (χ4n) is 4.30. The molecule has 0 atom stereocenters. The van der Waals surface area contributed by atoms with E-state index in [-0.39, 0.29) is 29.3 Å². The molecule has 3 N–H and O–H groups in total. The fourth-order valence-corrected chi connectivity index (χ4v) is 5.25. The number of anilines is 2. The van der Waals surface area contributed by atoms with Crippen molar-refractivity contribution in [2.75, 3.05) is 10.6 Å². The van der Waals surface area contributed by atoms with E-state index in [9.17, 15) is 18.8 Å². The highest BCUT2D eigenvalue weighted by Gasteiger charge is 2.33. The van der Waals surface area contributed by atoms with Crippen molar-refractivity contribution in [3.05, 3.63) is 67.9 Å². The number of hydrogen-bond donors (Lipinski definition) is 2. The average Bonchev–Trinajstić information content (AvgIpc) is 3.49. The molecule has 7 nitrogen and oxygen atoms in total. The molecule has 0 radical (unpaired) electrons. The minimum atomic E-state index is -0.652. The summed E-state index contributed by atoms with van der Waals surface area (Å²) in [6.07, 6.45) is 5.00. The molecule has 174 valence electrons. The van der Waals surface area contributed by atoms with E-state index in [1.165, 1.54) is 32.9 Å². The smallest absolute Gasteiger partial charge is 0.330 e. The predicted molar refractivity (Wildman–Crippen MR) is 129 cm³/mol. The maximum atomic E-state index is 13.7. The third kappa shape index (κ3) is 4.64. The molecule has 2 aromatic heterocycles. The minimum Gasteiger partial charge on any atom is -0.383 e. The first-order valence-electron chi connectivity index (χ1n) is 11.2. The zero-order valence-corrected chi connectivity index (χ0v) is 19.3. The normalized spacial score (nSPS) is 14.0. The zero-order valence-electron chi connectivity index (χ0n) is 18.5. The molecule has 4 rings (SSSR count). The molecule has 1 saturated carbocycles. The number of benzene rings is 1. The first-order chi connectivity index (χ1) is 15.9. The molecule has 9 heteroatoms. The molecule has 33 heavy (non-hydrogen) atoms. The summed E-state index contributed by atoms with van der Waals surface area (Å²) in [4.78, 5) is 44.1. The van der Waals surface area contributed by atoms with Crippen LogP contribution in [0.25, 0.3) is 10.4 Å². The quantitative estimate of drug-likeness (QED) is 0.535. The van der Waals surface area contributed by atoms with Crippen molar-refractivity contribution < 1.29 is 9.18 Å². The average molecular weight is 471 g/mol. The van der Waals surface area contributed by atoms with Crippen molar-refractivity contribution in [2.24, 2.45) is 0 Å². The molecule has 0 bridgehead atoms. The van der Waals surface area contributed by atoms with Crippen LogP contribution in [0.1, 0.15) is 55.1 Å². The molecule has 0 unspecified atom stereocenters. The Balaban J connectivity index is 1.77. The number of aromatic nitrogens is 2. The first kappa shape index (κ1) is 23.0. The van der Waals surface area contributed by atoms with Crippen molar-refractivity contribution >= 4 is 28.7 Å². The third-order valence-corrected chi connectivity index (χ3v) is 7.17. The van der Waals surface area contributed by atoms with Crippen LogP contribution in [0.2, 0.25) is 0 Å². The predicted octanol–water partition coefficient (Wildman–Crippen LogP) is 4.38. The first-order valence-corrected chi connectivity index (χ1v) is 12.0. The Hall–Kier alpha value is -3.20. The van der Waals surface area contributed by atoms with Crippen LogP contribution in [0.15, 0.2) is 46.0 Å². The molecule has 1 fully saturated rings. The Bertz CT molecular complexity index is 1260. The lowest BCUT2D eigenvalue weighted by Gasteiger charge is -2.29. The van der Waals surface area contributed by atoms with Gasteiger partial charge >= 0.3 is 5.69 Å². The molecule has 0 spiro atoms. The molecule has 0 saturated heterocycles. The number of nitrogens with one attached hydrogen (secondary N) is 1. The van der Waals surface area contributed by atoms with Gasteiger partial charge in [0.15, 0.2) is 5.69 Å². The van der Waals surface area contributed by atoms with E-state index in [1.807, 2.05) is 13.0 Å². The van der Waals surface area contributed by atoms with Gasteiger partial charge in [-0.25, -0.2) is 9.18 Å². The van der Waals surface area contributed by atoms with Crippen molar-refractivity contribution in [3.63, 3.8) is 0 Å². The molecule has 1 aromatic carbocycles. The summed E-state index contributed by atoms with van der Waals surface area (Å²) in [5, 5.41) is 0. The molecule has 3 aromatic rings. The van der Waals surface area contributed by atoms with Crippen molar-refractivity contribution in [1.29, 1.82) is 0 Å². The van der Waals surface area contributed by atoms with E-state index in [2.05, 4.69) is 4.98 Å². The fraction of sp³-hybridized carbons (Fsp3) is 0.375. The molecule has 1 aliphatic carbocycles. The summed E-state index contributed by atoms with van der Waals surface area (Å²) >= 11 is 1.28. The number of unbranched alkanes of at least 4 members (excludes halogenated alkanes) is 1. The topological polar surface area (TPSA) is 101 Å². The van der Waals surface area contributed by atoms with Gasteiger partial charge in [-0.1, -0.05) is 38.3 Å². The van der Waals surface area contributed by atoms with Gasteiger partial charge in [0.1, 0.15) is 11.6 Å². The largest absolute Gasteiger partial charge is 0.383 e. The van der Waals surface area contributed by atoms with Gasteiger partial charge in [0.05, 0.1) is 4.88 Å². The monoisotopic (exact) mass is 470 g/mol. The molecule has 1 amide bonds. The number of nitrogen functional groups attached to an aromatic ring is 1. The van der Waals surface area contributed by atoms with Gasteiger partial charge in [-0.05, 0) is 49.1 Å². The summed E-state index contributed by atoms with van der Waals surface area (Å²) in [5.74, 6) is -0.627. The number of hydrogen-bond acceptors (Lipinski definition) is 5. The summed E-state index contributed by atoms with van der Waals surface area (Å²) in [7, 11) is 0. The summed E-state index contributed by atoms with van der Waals surface area (Å²) in [6.45, 7) is 2.36. The SMILES string of the molecule is CCCCn1c(N)c(N(C(=O)c2ccc(-c3ccc(F)cc3)s2)C2CCCC2)c(=O)[nH]c1=O. The Morgan fingerprint density at radius 1 is 1.18 bits per heavy atom. The summed E-state index contributed by atoms with van der Waals surface area (Å²) in [5.41, 5.74) is 5.96. The molecule has 0 aliphatic heterocycles. The molecular weight excluding hydrogens is 443 g/mol. The van der Waals surface area contributed by atoms with Gasteiger partial charge in [-0.15, -0.1) is 11.3 Å². The van der Waals surface area contributed by atoms with Gasteiger partial charge in [0.2, 0.25) is 0 Å². The second-order valence-corrected chi connectivity index (χ2v) is 9.37. The van der Waals surface area contributed by atoms with E-state index >= 15 is 0 Å². The number of nitrogens with zero attached hydrogens (tertiary/aromatic N) is 2. The number of rotatable bonds is 7. The van der Waals surface area contributed by atoms with E-state index in [1.54, 1.807) is 18.2 Å². The maximum absolute atomic E-state index is 13.7. The lowest BCUT2D eigenvalue weighted by molar-refractivity contribution is 0.0980. The number of amides is 1. The van der Waals surface area contributed by atoms with Crippen LogP contribution in [0.4, 0.5) is 15.9 Å². The maximum Gasteiger partial charge on any atom is 0.330 e. The number of halogens is 1. The summed E-state index contributed by atoms with van der Waals surface area (Å²) < 4.78 is 14.6. The second-order valence-electron chi connectivity index (χ2n) is 8.28. The van der Waals surface area contributed by atoms with Crippen LogP contribution in [0.5, 0.6) is 0 Å². The van der Waals surface area contributed by atoms with E-state index in [4.69, 9.17) is 5.73 Å². The number of aromatic amines is 1. The van der Waals surface area contributed by atoms with E-state index in [0.29, 0.717) is 11.4 Å². The number of H-pyrrole nitrogens is 1. The van der Waals surface area contributed by atoms with E-state index in [0.717, 1.165) is 49.0 Å². The van der Waals surface area contributed by atoms with Crippen molar-refractivity contribution in [1.82, 2.24) is 9.55 Å². The van der Waals surface area contributed by atoms with Crippen LogP contribution in [0.3, 0.4) is 0 Å². The summed E-state index contributed by atoms with van der Waals surface area (Å²) in [6, 6.07) is 9.43. The van der Waals surface area contributed by atoms with Crippen molar-refractivity contribution in [3.8, 4) is 10.4 Å². The van der Waals surface area contributed by atoms with E-state index < -0.39 is 11.2 Å². The number of thiophene rings is 1.